The smallest absolute Gasteiger partial charge is 0.116 e. The van der Waals surface area contributed by atoms with E-state index >= 15 is 0 Å². The van der Waals surface area contributed by atoms with Gasteiger partial charge in [0.2, 0.25) is 0 Å². The summed E-state index contributed by atoms with van der Waals surface area (Å²) in [6.45, 7) is 0. The van der Waals surface area contributed by atoms with Crippen molar-refractivity contribution in [1.29, 1.82) is 5.41 Å². The van der Waals surface area contributed by atoms with E-state index in [4.69, 9.17) is 10.5 Å². The summed E-state index contributed by atoms with van der Waals surface area (Å²) >= 11 is 0. The second-order valence-electron chi connectivity index (χ2n) is 11.8. The molecule has 0 fully saturated rings. The van der Waals surface area contributed by atoms with E-state index in [1.54, 1.807) is 12.4 Å². The molecule has 0 aliphatic heterocycles. The van der Waals surface area contributed by atoms with Crippen LogP contribution in [0.3, 0.4) is 0 Å². The van der Waals surface area contributed by atoms with Crippen LogP contribution in [-0.4, -0.2) is 26.4 Å². The quantitative estimate of drug-likeness (QED) is 0.136. The number of hydrogen-bond donors (Lipinski definition) is 2. The SMILES string of the molecule is N=C1C=C(c2ccc(-c3cccnc3)cc2)C=C(c2ccc(-c3cccnc3)cc2)C1=NNc1ccc(-c2cncc3ccccc23)cc1. The Kier molecular flexibility index (Phi) is 7.94. The van der Waals surface area contributed by atoms with Crippen molar-refractivity contribution in [2.45, 2.75) is 0 Å². The number of hydrogen-bond acceptors (Lipinski definition) is 6. The maximum Gasteiger partial charge on any atom is 0.116 e. The van der Waals surface area contributed by atoms with E-state index in [9.17, 15) is 0 Å². The first-order chi connectivity index (χ1) is 24.2. The molecule has 0 bridgehead atoms. The average molecular weight is 631 g/mol. The number of nitrogens with zero attached hydrogens (tertiary/aromatic N) is 4. The molecule has 0 radical (unpaired) electrons. The van der Waals surface area contributed by atoms with Crippen LogP contribution in [0.15, 0.2) is 176 Å². The number of anilines is 1. The van der Waals surface area contributed by atoms with Gasteiger partial charge in [-0.15, -0.1) is 0 Å². The van der Waals surface area contributed by atoms with Gasteiger partial charge in [0.1, 0.15) is 5.71 Å². The van der Waals surface area contributed by atoms with Crippen LogP contribution in [0.1, 0.15) is 11.1 Å². The van der Waals surface area contributed by atoms with Gasteiger partial charge >= 0.3 is 0 Å². The molecule has 7 aromatic rings. The maximum absolute atomic E-state index is 9.14. The van der Waals surface area contributed by atoms with Crippen molar-refractivity contribution >= 4 is 39.0 Å². The van der Waals surface area contributed by atoms with Gasteiger partial charge in [-0.25, -0.2) is 0 Å². The van der Waals surface area contributed by atoms with E-state index in [-0.39, 0.29) is 0 Å². The first-order valence-corrected chi connectivity index (χ1v) is 16.0. The lowest BCUT2D eigenvalue weighted by molar-refractivity contribution is 1.33. The summed E-state index contributed by atoms with van der Waals surface area (Å²) in [5.41, 5.74) is 15.2. The molecule has 0 unspecified atom stereocenters. The zero-order valence-electron chi connectivity index (χ0n) is 26.5. The molecule has 0 amide bonds. The van der Waals surface area contributed by atoms with Gasteiger partial charge < -0.3 is 0 Å². The number of aromatic nitrogens is 3. The molecule has 2 N–H and O–H groups in total. The normalized spacial score (nSPS) is 13.6. The summed E-state index contributed by atoms with van der Waals surface area (Å²) in [6, 6.07) is 41.1. The molecule has 232 valence electrons. The first-order valence-electron chi connectivity index (χ1n) is 16.0. The molecule has 8 rings (SSSR count). The molecule has 49 heavy (non-hydrogen) atoms. The van der Waals surface area contributed by atoms with E-state index in [0.29, 0.717) is 11.4 Å². The number of hydrazone groups is 1. The van der Waals surface area contributed by atoms with Crippen LogP contribution >= 0.6 is 0 Å². The highest BCUT2D eigenvalue weighted by Gasteiger charge is 2.21. The molecule has 4 aromatic carbocycles. The third-order valence-corrected chi connectivity index (χ3v) is 8.67. The fourth-order valence-electron chi connectivity index (χ4n) is 6.10. The van der Waals surface area contributed by atoms with Gasteiger partial charge in [-0.05, 0) is 86.3 Å². The summed E-state index contributed by atoms with van der Waals surface area (Å²) < 4.78 is 0. The Morgan fingerprint density at radius 3 is 1.76 bits per heavy atom. The molecule has 6 heteroatoms. The monoisotopic (exact) mass is 630 g/mol. The highest BCUT2D eigenvalue weighted by atomic mass is 15.3. The van der Waals surface area contributed by atoms with Gasteiger partial charge in [0.25, 0.3) is 0 Å². The summed E-state index contributed by atoms with van der Waals surface area (Å²) in [4.78, 5) is 13.0. The van der Waals surface area contributed by atoms with Crippen LogP contribution in [0.5, 0.6) is 0 Å². The molecule has 3 heterocycles. The van der Waals surface area contributed by atoms with E-state index in [2.05, 4.69) is 105 Å². The summed E-state index contributed by atoms with van der Waals surface area (Å²) in [5, 5.41) is 16.2. The van der Waals surface area contributed by atoms with Gasteiger partial charge in [-0.2, -0.15) is 5.10 Å². The first kappa shape index (κ1) is 29.6. The Morgan fingerprint density at radius 2 is 1.10 bits per heavy atom. The van der Waals surface area contributed by atoms with Crippen molar-refractivity contribution in [3.8, 4) is 33.4 Å². The predicted octanol–water partition coefficient (Wildman–Crippen LogP) is 9.99. The van der Waals surface area contributed by atoms with Crippen molar-refractivity contribution in [1.82, 2.24) is 15.0 Å². The lowest BCUT2D eigenvalue weighted by Gasteiger charge is -2.19. The number of fused-ring (bicyclic) bond motifs is 1. The van der Waals surface area contributed by atoms with Crippen molar-refractivity contribution in [2.24, 2.45) is 5.10 Å². The molecular weight excluding hydrogens is 601 g/mol. The lowest BCUT2D eigenvalue weighted by atomic mass is 9.87. The van der Waals surface area contributed by atoms with Crippen LogP contribution < -0.4 is 5.43 Å². The highest BCUT2D eigenvalue weighted by molar-refractivity contribution is 6.62. The maximum atomic E-state index is 9.14. The minimum absolute atomic E-state index is 0.325. The summed E-state index contributed by atoms with van der Waals surface area (Å²) in [5.74, 6) is 0. The molecule has 0 spiro atoms. The number of nitrogens with one attached hydrogen (secondary N) is 2. The lowest BCUT2D eigenvalue weighted by Crippen LogP contribution is -2.19. The summed E-state index contributed by atoms with van der Waals surface area (Å²) in [6.07, 6.45) is 15.1. The van der Waals surface area contributed by atoms with Gasteiger partial charge in [-0.1, -0.05) is 97.1 Å². The molecule has 1 aliphatic carbocycles. The molecule has 1 aliphatic rings. The molecule has 0 saturated carbocycles. The Balaban J connectivity index is 1.11. The average Bonchev–Trinajstić information content (AvgIpc) is 3.18. The predicted molar refractivity (Wildman–Crippen MR) is 201 cm³/mol. The van der Waals surface area contributed by atoms with Crippen LogP contribution in [-0.2, 0) is 0 Å². The molecule has 3 aromatic heterocycles. The van der Waals surface area contributed by atoms with E-state index in [0.717, 1.165) is 72.1 Å². The van der Waals surface area contributed by atoms with Crippen LogP contribution in [0.2, 0.25) is 0 Å². The minimum Gasteiger partial charge on any atom is -0.299 e. The molecule has 6 nitrogen and oxygen atoms in total. The van der Waals surface area contributed by atoms with Crippen LogP contribution in [0, 0.1) is 5.41 Å². The van der Waals surface area contributed by atoms with Gasteiger partial charge in [0, 0.05) is 53.7 Å². The van der Waals surface area contributed by atoms with Gasteiger partial charge in [0.15, 0.2) is 0 Å². The number of rotatable bonds is 7. The third kappa shape index (κ3) is 6.19. The van der Waals surface area contributed by atoms with Crippen LogP contribution in [0.4, 0.5) is 5.69 Å². The second-order valence-corrected chi connectivity index (χ2v) is 11.8. The Hall–Kier alpha value is -6.79. The molecule has 0 saturated heterocycles. The fraction of sp³-hybridized carbons (Fsp3) is 0. The van der Waals surface area contributed by atoms with Crippen molar-refractivity contribution in [2.75, 3.05) is 5.43 Å². The Labute approximate surface area is 284 Å². The highest BCUT2D eigenvalue weighted by Crippen LogP contribution is 2.32. The standard InChI is InChI=1S/C43H30N6/c44-42-24-37(31-11-9-29(10-12-31)34-6-3-21-45-25-34)23-40(32-15-13-30(14-16-32)35-7-4-22-46-26-35)43(42)49-48-38-19-17-33(18-20-38)41-28-47-27-36-5-1-2-8-39(36)41/h1-28,44,48H. The second kappa shape index (κ2) is 13.1. The Morgan fingerprint density at radius 1 is 0.490 bits per heavy atom. The molecule has 0 atom stereocenters. The third-order valence-electron chi connectivity index (χ3n) is 8.67. The zero-order chi connectivity index (χ0) is 33.0. The molecular formula is C43H30N6. The van der Waals surface area contributed by atoms with E-state index in [1.165, 1.54) is 0 Å². The number of allylic oxidation sites excluding steroid dienone is 4. The van der Waals surface area contributed by atoms with Gasteiger partial charge in [0.05, 0.1) is 11.4 Å². The van der Waals surface area contributed by atoms with E-state index < -0.39 is 0 Å². The van der Waals surface area contributed by atoms with Crippen molar-refractivity contribution < 1.29 is 0 Å². The van der Waals surface area contributed by atoms with Crippen LogP contribution in [0.25, 0.3) is 55.3 Å². The van der Waals surface area contributed by atoms with E-state index in [1.807, 2.05) is 73.3 Å². The summed E-state index contributed by atoms with van der Waals surface area (Å²) in [7, 11) is 0. The zero-order valence-corrected chi connectivity index (χ0v) is 26.5. The van der Waals surface area contributed by atoms with Gasteiger partial charge in [-0.3, -0.25) is 25.8 Å². The van der Waals surface area contributed by atoms with Crippen molar-refractivity contribution in [3.05, 3.63) is 182 Å². The number of benzene rings is 4. The van der Waals surface area contributed by atoms with Crippen molar-refractivity contribution in [3.63, 3.8) is 0 Å². The largest absolute Gasteiger partial charge is 0.299 e. The minimum atomic E-state index is 0.325. The Bertz CT molecular complexity index is 2370. The topological polar surface area (TPSA) is 86.9 Å². The fourth-order valence-corrected chi connectivity index (χ4v) is 6.10. The number of pyridine rings is 3.